The van der Waals surface area contributed by atoms with Crippen LogP contribution in [0.25, 0.3) is 11.0 Å². The molecular formula is C17H15NO2. The molecule has 0 unspecified atom stereocenters. The Kier molecular flexibility index (Phi) is 3.25. The molecule has 0 aliphatic rings. The summed E-state index contributed by atoms with van der Waals surface area (Å²) in [5, 5.41) is 4.29. The fraction of sp³-hybridized carbons (Fsp3) is 0.118. The highest BCUT2D eigenvalue weighted by Crippen LogP contribution is 2.19. The summed E-state index contributed by atoms with van der Waals surface area (Å²) < 4.78 is 5.25. The average molecular weight is 265 g/mol. The SMILES string of the molecule is Cc1ccc2c(CNc3ccccc3)cc(=O)oc2c1. The normalized spacial score (nSPS) is 10.7. The lowest BCUT2D eigenvalue weighted by Gasteiger charge is -2.08. The van der Waals surface area contributed by atoms with Crippen molar-refractivity contribution in [3.63, 3.8) is 0 Å². The van der Waals surface area contributed by atoms with Gasteiger partial charge in [-0.1, -0.05) is 30.3 Å². The zero-order valence-corrected chi connectivity index (χ0v) is 11.2. The smallest absolute Gasteiger partial charge is 0.336 e. The average Bonchev–Trinajstić information content (AvgIpc) is 2.45. The van der Waals surface area contributed by atoms with E-state index in [1.54, 1.807) is 6.07 Å². The Morgan fingerprint density at radius 1 is 1.05 bits per heavy atom. The molecule has 1 heterocycles. The van der Waals surface area contributed by atoms with E-state index < -0.39 is 0 Å². The van der Waals surface area contributed by atoms with E-state index >= 15 is 0 Å². The Balaban J connectivity index is 1.97. The maximum Gasteiger partial charge on any atom is 0.336 e. The number of para-hydroxylation sites is 1. The minimum absolute atomic E-state index is 0.312. The zero-order valence-electron chi connectivity index (χ0n) is 11.2. The van der Waals surface area contributed by atoms with Gasteiger partial charge in [0.15, 0.2) is 0 Å². The third-order valence-corrected chi connectivity index (χ3v) is 3.24. The predicted molar refractivity (Wildman–Crippen MR) is 81.0 cm³/mol. The lowest BCUT2D eigenvalue weighted by molar-refractivity contribution is 0.559. The van der Waals surface area contributed by atoms with Crippen molar-refractivity contribution in [1.29, 1.82) is 0 Å². The monoisotopic (exact) mass is 265 g/mol. The van der Waals surface area contributed by atoms with Crippen LogP contribution in [0.15, 0.2) is 63.8 Å². The molecule has 2 aromatic carbocycles. The van der Waals surface area contributed by atoms with Gasteiger partial charge in [0.05, 0.1) is 0 Å². The molecule has 0 saturated carbocycles. The highest BCUT2D eigenvalue weighted by Gasteiger charge is 2.05. The van der Waals surface area contributed by atoms with Crippen LogP contribution in [0.4, 0.5) is 5.69 Å². The molecule has 3 aromatic rings. The van der Waals surface area contributed by atoms with Gasteiger partial charge in [0, 0.05) is 23.7 Å². The topological polar surface area (TPSA) is 42.2 Å². The van der Waals surface area contributed by atoms with Crippen molar-refractivity contribution < 1.29 is 4.42 Å². The van der Waals surface area contributed by atoms with Gasteiger partial charge < -0.3 is 9.73 Å². The van der Waals surface area contributed by atoms with Crippen LogP contribution in [0.2, 0.25) is 0 Å². The van der Waals surface area contributed by atoms with Crippen LogP contribution >= 0.6 is 0 Å². The Labute approximate surface area is 116 Å². The molecule has 20 heavy (non-hydrogen) atoms. The summed E-state index contributed by atoms with van der Waals surface area (Å²) in [5.41, 5.74) is 3.38. The van der Waals surface area contributed by atoms with Crippen molar-refractivity contribution in [1.82, 2.24) is 0 Å². The summed E-state index contributed by atoms with van der Waals surface area (Å²) in [6.45, 7) is 2.57. The van der Waals surface area contributed by atoms with E-state index in [0.717, 1.165) is 22.2 Å². The summed E-state index contributed by atoms with van der Waals surface area (Å²) >= 11 is 0. The summed E-state index contributed by atoms with van der Waals surface area (Å²) in [7, 11) is 0. The van der Waals surface area contributed by atoms with Crippen molar-refractivity contribution in [2.75, 3.05) is 5.32 Å². The molecule has 0 spiro atoms. The molecule has 1 N–H and O–H groups in total. The van der Waals surface area contributed by atoms with E-state index in [2.05, 4.69) is 5.32 Å². The minimum atomic E-state index is -0.312. The van der Waals surface area contributed by atoms with Crippen molar-refractivity contribution in [3.8, 4) is 0 Å². The van der Waals surface area contributed by atoms with Crippen LogP contribution in [-0.4, -0.2) is 0 Å². The van der Waals surface area contributed by atoms with Crippen LogP contribution < -0.4 is 10.9 Å². The third kappa shape index (κ3) is 2.57. The van der Waals surface area contributed by atoms with E-state index in [1.165, 1.54) is 0 Å². The maximum atomic E-state index is 11.6. The van der Waals surface area contributed by atoms with Gasteiger partial charge in [0.25, 0.3) is 0 Å². The first kappa shape index (κ1) is 12.5. The second kappa shape index (κ2) is 5.21. The number of rotatable bonds is 3. The second-order valence-corrected chi connectivity index (χ2v) is 4.81. The molecular weight excluding hydrogens is 250 g/mol. The first-order valence-corrected chi connectivity index (χ1v) is 6.55. The van der Waals surface area contributed by atoms with Crippen LogP contribution in [0.3, 0.4) is 0 Å². The van der Waals surface area contributed by atoms with Crippen molar-refractivity contribution >= 4 is 16.7 Å². The van der Waals surface area contributed by atoms with Gasteiger partial charge in [-0.2, -0.15) is 0 Å². The molecule has 0 radical (unpaired) electrons. The van der Waals surface area contributed by atoms with Gasteiger partial charge in [-0.15, -0.1) is 0 Å². The molecule has 1 aromatic heterocycles. The number of fused-ring (bicyclic) bond motifs is 1. The largest absolute Gasteiger partial charge is 0.423 e. The standard InChI is InChI=1S/C17H15NO2/c1-12-7-8-15-13(10-17(19)20-16(15)9-12)11-18-14-5-3-2-4-6-14/h2-10,18H,11H2,1H3. The highest BCUT2D eigenvalue weighted by atomic mass is 16.4. The Morgan fingerprint density at radius 2 is 1.85 bits per heavy atom. The number of benzene rings is 2. The molecule has 0 atom stereocenters. The Hall–Kier alpha value is -2.55. The lowest BCUT2D eigenvalue weighted by Crippen LogP contribution is -2.05. The van der Waals surface area contributed by atoms with Crippen LogP contribution in [0.1, 0.15) is 11.1 Å². The number of nitrogens with one attached hydrogen (secondary N) is 1. The van der Waals surface area contributed by atoms with Crippen LogP contribution in [0.5, 0.6) is 0 Å². The minimum Gasteiger partial charge on any atom is -0.423 e. The van der Waals surface area contributed by atoms with Crippen molar-refractivity contribution in [2.24, 2.45) is 0 Å². The zero-order chi connectivity index (χ0) is 13.9. The fourth-order valence-corrected chi connectivity index (χ4v) is 2.24. The summed E-state index contributed by atoms with van der Waals surface area (Å²) in [6, 6.07) is 17.4. The van der Waals surface area contributed by atoms with E-state index in [9.17, 15) is 4.79 Å². The molecule has 0 fully saturated rings. The van der Waals surface area contributed by atoms with Crippen LogP contribution in [-0.2, 0) is 6.54 Å². The van der Waals surface area contributed by atoms with Crippen molar-refractivity contribution in [2.45, 2.75) is 13.5 Å². The molecule has 3 nitrogen and oxygen atoms in total. The fourth-order valence-electron chi connectivity index (χ4n) is 2.24. The van der Waals surface area contributed by atoms with E-state index in [4.69, 9.17) is 4.42 Å². The van der Waals surface area contributed by atoms with Gasteiger partial charge in [0.1, 0.15) is 5.58 Å². The van der Waals surface area contributed by atoms with Crippen LogP contribution in [0, 0.1) is 6.92 Å². The number of hydrogen-bond acceptors (Lipinski definition) is 3. The quantitative estimate of drug-likeness (QED) is 0.734. The summed E-state index contributed by atoms with van der Waals surface area (Å²) in [4.78, 5) is 11.6. The van der Waals surface area contributed by atoms with Crippen molar-refractivity contribution in [3.05, 3.63) is 76.1 Å². The number of hydrogen-bond donors (Lipinski definition) is 1. The first-order valence-electron chi connectivity index (χ1n) is 6.55. The number of anilines is 1. The Bertz CT molecular complexity index is 791. The molecule has 3 heteroatoms. The van der Waals surface area contributed by atoms with E-state index in [-0.39, 0.29) is 5.63 Å². The number of aryl methyl sites for hydroxylation is 1. The van der Waals surface area contributed by atoms with Gasteiger partial charge in [0.2, 0.25) is 0 Å². The van der Waals surface area contributed by atoms with E-state index in [1.807, 2.05) is 55.5 Å². The van der Waals surface area contributed by atoms with E-state index in [0.29, 0.717) is 12.1 Å². The first-order chi connectivity index (χ1) is 9.72. The molecule has 100 valence electrons. The highest BCUT2D eigenvalue weighted by molar-refractivity contribution is 5.81. The summed E-state index contributed by atoms with van der Waals surface area (Å²) in [6.07, 6.45) is 0. The maximum absolute atomic E-state index is 11.6. The third-order valence-electron chi connectivity index (χ3n) is 3.24. The predicted octanol–water partition coefficient (Wildman–Crippen LogP) is 3.71. The van der Waals surface area contributed by atoms with Gasteiger partial charge in [-0.25, -0.2) is 4.79 Å². The molecule has 0 saturated heterocycles. The summed E-state index contributed by atoms with van der Waals surface area (Å²) in [5.74, 6) is 0. The van der Waals surface area contributed by atoms with Gasteiger partial charge in [-0.3, -0.25) is 0 Å². The Morgan fingerprint density at radius 3 is 2.65 bits per heavy atom. The molecule has 0 amide bonds. The van der Waals surface area contributed by atoms with Gasteiger partial charge >= 0.3 is 5.63 Å². The van der Waals surface area contributed by atoms with Gasteiger partial charge in [-0.05, 0) is 36.2 Å². The second-order valence-electron chi connectivity index (χ2n) is 4.81. The molecule has 0 aliphatic heterocycles. The molecule has 3 rings (SSSR count). The molecule has 0 aliphatic carbocycles. The molecule has 0 bridgehead atoms. The lowest BCUT2D eigenvalue weighted by atomic mass is 10.1.